The molecule has 6 heteroatoms. The molecular formula is C21H21N3O3. The van der Waals surface area contributed by atoms with Gasteiger partial charge in [0.1, 0.15) is 0 Å². The highest BCUT2D eigenvalue weighted by Gasteiger charge is 2.14. The van der Waals surface area contributed by atoms with Crippen LogP contribution in [0.15, 0.2) is 54.6 Å². The minimum absolute atomic E-state index is 0.0257. The molecule has 0 aliphatic heterocycles. The van der Waals surface area contributed by atoms with Gasteiger partial charge in [0.05, 0.1) is 18.7 Å². The molecule has 0 unspecified atom stereocenters. The highest BCUT2D eigenvalue weighted by Crippen LogP contribution is 2.17. The van der Waals surface area contributed by atoms with Crippen LogP contribution in [0.3, 0.4) is 0 Å². The average molecular weight is 363 g/mol. The number of anilines is 1. The minimum atomic E-state index is -0.862. The van der Waals surface area contributed by atoms with Gasteiger partial charge < -0.3 is 10.4 Å². The number of rotatable bonds is 6. The Balaban J connectivity index is 1.69. The Morgan fingerprint density at radius 2 is 1.70 bits per heavy atom. The molecule has 0 saturated heterocycles. The molecule has 6 nitrogen and oxygen atoms in total. The van der Waals surface area contributed by atoms with Gasteiger partial charge in [-0.2, -0.15) is 5.10 Å². The van der Waals surface area contributed by atoms with Crippen molar-refractivity contribution in [2.75, 3.05) is 5.32 Å². The normalized spacial score (nSPS) is 10.6. The molecule has 2 N–H and O–H groups in total. The Morgan fingerprint density at radius 3 is 2.33 bits per heavy atom. The van der Waals surface area contributed by atoms with Crippen molar-refractivity contribution in [1.29, 1.82) is 0 Å². The monoisotopic (exact) mass is 363 g/mol. The quantitative estimate of drug-likeness (QED) is 0.703. The number of carboxylic acid groups (broad SMARTS) is 1. The zero-order chi connectivity index (χ0) is 19.4. The minimum Gasteiger partial charge on any atom is -0.481 e. The molecule has 3 rings (SSSR count). The van der Waals surface area contributed by atoms with Crippen LogP contribution in [-0.4, -0.2) is 26.8 Å². The first-order chi connectivity index (χ1) is 12.9. The molecule has 27 heavy (non-hydrogen) atoms. The SMILES string of the molecule is Cc1nn(Cc2ccc(NC(=O)c3ccccc3)cc2)c(C)c1CC(=O)O. The van der Waals surface area contributed by atoms with E-state index in [4.69, 9.17) is 5.11 Å². The molecule has 138 valence electrons. The van der Waals surface area contributed by atoms with Crippen LogP contribution in [0.2, 0.25) is 0 Å². The largest absolute Gasteiger partial charge is 0.481 e. The second-order valence-corrected chi connectivity index (χ2v) is 6.39. The van der Waals surface area contributed by atoms with Crippen molar-refractivity contribution in [3.8, 4) is 0 Å². The Morgan fingerprint density at radius 1 is 1.04 bits per heavy atom. The lowest BCUT2D eigenvalue weighted by molar-refractivity contribution is -0.136. The van der Waals surface area contributed by atoms with Crippen LogP contribution in [0.1, 0.15) is 32.9 Å². The molecule has 0 atom stereocenters. The number of carbonyl (C=O) groups is 2. The molecule has 1 heterocycles. The maximum atomic E-state index is 12.2. The van der Waals surface area contributed by atoms with Crippen molar-refractivity contribution in [2.24, 2.45) is 0 Å². The summed E-state index contributed by atoms with van der Waals surface area (Å²) >= 11 is 0. The number of nitrogens with zero attached hydrogens (tertiary/aromatic N) is 2. The second kappa shape index (κ2) is 7.86. The fraction of sp³-hybridized carbons (Fsp3) is 0.190. The van der Waals surface area contributed by atoms with Gasteiger partial charge in [0.2, 0.25) is 0 Å². The molecule has 0 spiro atoms. The van der Waals surface area contributed by atoms with Crippen molar-refractivity contribution >= 4 is 17.6 Å². The van der Waals surface area contributed by atoms with Crippen molar-refractivity contribution in [3.63, 3.8) is 0 Å². The van der Waals surface area contributed by atoms with Crippen LogP contribution in [0.5, 0.6) is 0 Å². The summed E-state index contributed by atoms with van der Waals surface area (Å²) < 4.78 is 1.81. The second-order valence-electron chi connectivity index (χ2n) is 6.39. The number of carboxylic acids is 1. The van der Waals surface area contributed by atoms with E-state index in [1.54, 1.807) is 12.1 Å². The van der Waals surface area contributed by atoms with Crippen LogP contribution >= 0.6 is 0 Å². The highest BCUT2D eigenvalue weighted by molar-refractivity contribution is 6.04. The number of nitrogens with one attached hydrogen (secondary N) is 1. The molecule has 0 bridgehead atoms. The van der Waals surface area contributed by atoms with E-state index >= 15 is 0 Å². The Hall–Kier alpha value is -3.41. The standard InChI is InChI=1S/C21H21N3O3/c1-14-19(12-20(25)26)15(2)24(23-14)13-16-8-10-18(11-9-16)22-21(27)17-6-4-3-5-7-17/h3-11H,12-13H2,1-2H3,(H,22,27)(H,25,26). The van der Waals surface area contributed by atoms with Crippen LogP contribution in [0.25, 0.3) is 0 Å². The van der Waals surface area contributed by atoms with E-state index in [9.17, 15) is 9.59 Å². The number of carbonyl (C=O) groups excluding carboxylic acids is 1. The number of aliphatic carboxylic acids is 1. The van der Waals surface area contributed by atoms with E-state index in [0.29, 0.717) is 17.8 Å². The summed E-state index contributed by atoms with van der Waals surface area (Å²) in [6, 6.07) is 16.6. The van der Waals surface area contributed by atoms with E-state index in [1.807, 2.05) is 61.0 Å². The molecule has 1 aromatic heterocycles. The predicted octanol–water partition coefficient (Wildman–Crippen LogP) is 3.43. The molecule has 0 radical (unpaired) electrons. The third-order valence-electron chi connectivity index (χ3n) is 4.44. The van der Waals surface area contributed by atoms with Crippen LogP contribution in [-0.2, 0) is 17.8 Å². The lowest BCUT2D eigenvalue weighted by atomic mass is 10.1. The first-order valence-electron chi connectivity index (χ1n) is 8.64. The van der Waals surface area contributed by atoms with Crippen molar-refractivity contribution in [1.82, 2.24) is 9.78 Å². The zero-order valence-electron chi connectivity index (χ0n) is 15.3. The van der Waals surface area contributed by atoms with Gasteiger partial charge in [-0.3, -0.25) is 14.3 Å². The van der Waals surface area contributed by atoms with E-state index in [2.05, 4.69) is 10.4 Å². The molecule has 0 aliphatic carbocycles. The van der Waals surface area contributed by atoms with Gasteiger partial charge in [-0.1, -0.05) is 30.3 Å². The fourth-order valence-electron chi connectivity index (χ4n) is 2.95. The average Bonchev–Trinajstić information content (AvgIpc) is 2.91. The van der Waals surface area contributed by atoms with Crippen LogP contribution in [0.4, 0.5) is 5.69 Å². The van der Waals surface area contributed by atoms with Gasteiger partial charge in [0, 0.05) is 22.5 Å². The maximum Gasteiger partial charge on any atom is 0.307 e. The summed E-state index contributed by atoms with van der Waals surface area (Å²) in [5.74, 6) is -1.01. The summed E-state index contributed by atoms with van der Waals surface area (Å²) in [6.07, 6.45) is -0.0257. The maximum absolute atomic E-state index is 12.2. The summed E-state index contributed by atoms with van der Waals surface area (Å²) in [7, 11) is 0. The molecule has 0 saturated carbocycles. The van der Waals surface area contributed by atoms with Gasteiger partial charge >= 0.3 is 5.97 Å². The van der Waals surface area contributed by atoms with Gasteiger partial charge in [-0.25, -0.2) is 0 Å². The predicted molar refractivity (Wildman–Crippen MR) is 103 cm³/mol. The number of hydrogen-bond donors (Lipinski definition) is 2. The Bertz CT molecular complexity index is 960. The van der Waals surface area contributed by atoms with E-state index in [0.717, 1.165) is 22.5 Å². The third-order valence-corrected chi connectivity index (χ3v) is 4.44. The Labute approximate surface area is 157 Å². The van der Waals surface area contributed by atoms with E-state index < -0.39 is 5.97 Å². The zero-order valence-corrected chi connectivity index (χ0v) is 15.3. The lowest BCUT2D eigenvalue weighted by Gasteiger charge is -2.08. The molecule has 0 fully saturated rings. The number of benzene rings is 2. The van der Waals surface area contributed by atoms with Crippen molar-refractivity contribution < 1.29 is 14.7 Å². The molecule has 3 aromatic rings. The summed E-state index contributed by atoms with van der Waals surface area (Å²) in [5.41, 5.74) is 4.69. The first kappa shape index (κ1) is 18.4. The van der Waals surface area contributed by atoms with Crippen LogP contribution < -0.4 is 5.32 Å². The molecule has 1 amide bonds. The third kappa shape index (κ3) is 4.41. The number of hydrogen-bond acceptors (Lipinski definition) is 3. The molecule has 2 aromatic carbocycles. The van der Waals surface area contributed by atoms with Crippen molar-refractivity contribution in [3.05, 3.63) is 82.7 Å². The van der Waals surface area contributed by atoms with Gasteiger partial charge in [0.25, 0.3) is 5.91 Å². The number of aromatic nitrogens is 2. The summed E-state index contributed by atoms with van der Waals surface area (Å²) in [4.78, 5) is 23.2. The lowest BCUT2D eigenvalue weighted by Crippen LogP contribution is -2.11. The first-order valence-corrected chi connectivity index (χ1v) is 8.64. The summed E-state index contributed by atoms with van der Waals surface area (Å²) in [6.45, 7) is 4.25. The van der Waals surface area contributed by atoms with E-state index in [1.165, 1.54) is 0 Å². The Kier molecular flexibility index (Phi) is 5.35. The molecular weight excluding hydrogens is 342 g/mol. The molecule has 0 aliphatic rings. The number of amides is 1. The van der Waals surface area contributed by atoms with Crippen molar-refractivity contribution in [2.45, 2.75) is 26.8 Å². The van der Waals surface area contributed by atoms with Gasteiger partial charge in [-0.15, -0.1) is 0 Å². The van der Waals surface area contributed by atoms with Gasteiger partial charge in [0.15, 0.2) is 0 Å². The van der Waals surface area contributed by atoms with Crippen LogP contribution in [0, 0.1) is 13.8 Å². The van der Waals surface area contributed by atoms with Gasteiger partial charge in [-0.05, 0) is 43.7 Å². The topological polar surface area (TPSA) is 84.2 Å². The van der Waals surface area contributed by atoms with E-state index in [-0.39, 0.29) is 12.3 Å². The summed E-state index contributed by atoms with van der Waals surface area (Å²) in [5, 5.41) is 16.3. The fourth-order valence-corrected chi connectivity index (χ4v) is 2.95. The highest BCUT2D eigenvalue weighted by atomic mass is 16.4. The smallest absolute Gasteiger partial charge is 0.307 e. The number of aryl methyl sites for hydroxylation is 1.